The number of hydrogen-bond donors (Lipinski definition) is 1. The van der Waals surface area contributed by atoms with Gasteiger partial charge in [0.25, 0.3) is 0 Å². The Morgan fingerprint density at radius 1 is 1.20 bits per heavy atom. The van der Waals surface area contributed by atoms with Gasteiger partial charge < -0.3 is 5.32 Å². The number of halogens is 3. The van der Waals surface area contributed by atoms with Crippen molar-refractivity contribution in [3.05, 3.63) is 59.1 Å². The molecule has 0 aliphatic heterocycles. The van der Waals surface area contributed by atoms with Gasteiger partial charge in [-0.05, 0) is 24.3 Å². The summed E-state index contributed by atoms with van der Waals surface area (Å²) in [6.07, 6.45) is 0. The van der Waals surface area contributed by atoms with Gasteiger partial charge >= 0.3 is 0 Å². The molecule has 0 aromatic heterocycles. The molecule has 0 bridgehead atoms. The predicted molar refractivity (Wildman–Crippen MR) is 77.2 cm³/mol. The number of anilines is 1. The lowest BCUT2D eigenvalue weighted by molar-refractivity contribution is -0.113. The summed E-state index contributed by atoms with van der Waals surface area (Å²) in [6, 6.07) is 10.1. The minimum Gasteiger partial charge on any atom is -0.324 e. The van der Waals surface area contributed by atoms with E-state index in [-0.39, 0.29) is 16.6 Å². The van der Waals surface area contributed by atoms with Crippen LogP contribution in [0.2, 0.25) is 5.02 Å². The maximum Gasteiger partial charge on any atom is 0.234 e. The van der Waals surface area contributed by atoms with Gasteiger partial charge in [0, 0.05) is 11.0 Å². The first-order chi connectivity index (χ1) is 9.56. The topological polar surface area (TPSA) is 29.1 Å². The van der Waals surface area contributed by atoms with E-state index in [9.17, 15) is 13.6 Å². The lowest BCUT2D eigenvalue weighted by atomic mass is 10.3. The van der Waals surface area contributed by atoms with Crippen molar-refractivity contribution in [1.29, 1.82) is 0 Å². The molecule has 104 valence electrons. The van der Waals surface area contributed by atoms with E-state index in [2.05, 4.69) is 5.32 Å². The predicted octanol–water partition coefficient (Wildman–Crippen LogP) is 4.35. The lowest BCUT2D eigenvalue weighted by Gasteiger charge is -2.07. The Kier molecular flexibility index (Phi) is 4.98. The molecule has 0 unspecified atom stereocenters. The van der Waals surface area contributed by atoms with Gasteiger partial charge in [0.15, 0.2) is 0 Å². The third-order valence-corrected chi connectivity index (χ3v) is 3.78. The van der Waals surface area contributed by atoms with Gasteiger partial charge in [0.2, 0.25) is 5.91 Å². The van der Waals surface area contributed by atoms with E-state index >= 15 is 0 Å². The van der Waals surface area contributed by atoms with Crippen LogP contribution in [0.1, 0.15) is 0 Å². The Hall–Kier alpha value is -1.59. The van der Waals surface area contributed by atoms with E-state index in [0.717, 1.165) is 23.9 Å². The molecule has 0 saturated heterocycles. The molecule has 0 heterocycles. The molecule has 0 aliphatic carbocycles. The van der Waals surface area contributed by atoms with E-state index in [4.69, 9.17) is 11.6 Å². The van der Waals surface area contributed by atoms with E-state index < -0.39 is 11.6 Å². The fraction of sp³-hybridized carbons (Fsp3) is 0.0714. The lowest BCUT2D eigenvalue weighted by Crippen LogP contribution is -2.14. The van der Waals surface area contributed by atoms with E-state index in [1.54, 1.807) is 24.3 Å². The van der Waals surface area contributed by atoms with Crippen molar-refractivity contribution in [1.82, 2.24) is 0 Å². The highest BCUT2D eigenvalue weighted by molar-refractivity contribution is 8.00. The number of carbonyl (C=O) groups is 1. The van der Waals surface area contributed by atoms with Gasteiger partial charge in [-0.3, -0.25) is 4.79 Å². The Labute approximate surface area is 124 Å². The van der Waals surface area contributed by atoms with Crippen LogP contribution in [0, 0.1) is 11.6 Å². The van der Waals surface area contributed by atoms with Crippen molar-refractivity contribution in [2.24, 2.45) is 0 Å². The minimum atomic E-state index is -0.680. The zero-order valence-corrected chi connectivity index (χ0v) is 11.8. The fourth-order valence-corrected chi connectivity index (χ4v) is 2.39. The average molecular weight is 314 g/mol. The van der Waals surface area contributed by atoms with E-state index in [1.165, 1.54) is 6.07 Å². The monoisotopic (exact) mass is 313 g/mol. The third kappa shape index (κ3) is 3.95. The zero-order valence-electron chi connectivity index (χ0n) is 10.2. The fourth-order valence-electron chi connectivity index (χ4n) is 1.48. The zero-order chi connectivity index (χ0) is 14.5. The summed E-state index contributed by atoms with van der Waals surface area (Å²) in [4.78, 5) is 12.0. The van der Waals surface area contributed by atoms with Crippen LogP contribution in [0.3, 0.4) is 0 Å². The molecule has 0 saturated carbocycles. The Bertz CT molecular complexity index is 636. The summed E-state index contributed by atoms with van der Waals surface area (Å²) in [7, 11) is 0. The highest BCUT2D eigenvalue weighted by atomic mass is 35.5. The molecule has 1 N–H and O–H groups in total. The molecule has 2 rings (SSSR count). The van der Waals surface area contributed by atoms with Gasteiger partial charge in [-0.25, -0.2) is 8.78 Å². The standard InChI is InChI=1S/C14H10ClF2NOS/c15-10-3-1-2-4-12(10)18-14(19)8-20-13-6-5-9(16)7-11(13)17/h1-7H,8H2,(H,18,19). The maximum absolute atomic E-state index is 13.4. The van der Waals surface area contributed by atoms with Gasteiger partial charge in [0.05, 0.1) is 16.5 Å². The summed E-state index contributed by atoms with van der Waals surface area (Å²) >= 11 is 6.90. The van der Waals surface area contributed by atoms with Crippen LogP contribution in [0.15, 0.2) is 47.4 Å². The molecule has 2 aromatic rings. The number of carbonyl (C=O) groups excluding carboxylic acids is 1. The normalized spacial score (nSPS) is 10.3. The van der Waals surface area contributed by atoms with Crippen LogP contribution < -0.4 is 5.32 Å². The van der Waals surface area contributed by atoms with Crippen LogP contribution in [-0.2, 0) is 4.79 Å². The number of para-hydroxylation sites is 1. The highest BCUT2D eigenvalue weighted by Crippen LogP contribution is 2.24. The van der Waals surface area contributed by atoms with Crippen molar-refractivity contribution in [2.75, 3.05) is 11.1 Å². The number of nitrogens with one attached hydrogen (secondary N) is 1. The Morgan fingerprint density at radius 2 is 1.95 bits per heavy atom. The number of thioether (sulfide) groups is 1. The van der Waals surface area contributed by atoms with Crippen LogP contribution >= 0.6 is 23.4 Å². The summed E-state index contributed by atoms with van der Waals surface area (Å²) in [6.45, 7) is 0. The van der Waals surface area contributed by atoms with Crippen molar-refractivity contribution in [3.8, 4) is 0 Å². The molecule has 2 nitrogen and oxygen atoms in total. The molecule has 0 spiro atoms. The Morgan fingerprint density at radius 3 is 2.65 bits per heavy atom. The highest BCUT2D eigenvalue weighted by Gasteiger charge is 2.09. The second-order valence-corrected chi connectivity index (χ2v) is 5.32. The van der Waals surface area contributed by atoms with Gasteiger partial charge in [-0.2, -0.15) is 0 Å². The first-order valence-corrected chi connectivity index (χ1v) is 7.05. The summed E-state index contributed by atoms with van der Waals surface area (Å²) < 4.78 is 26.1. The molecular formula is C14H10ClF2NOS. The van der Waals surface area contributed by atoms with Crippen LogP contribution in [0.4, 0.5) is 14.5 Å². The third-order valence-electron chi connectivity index (χ3n) is 2.40. The summed E-state index contributed by atoms with van der Waals surface area (Å²) in [5.41, 5.74) is 0.499. The van der Waals surface area contributed by atoms with Gasteiger partial charge in [-0.15, -0.1) is 11.8 Å². The average Bonchev–Trinajstić information content (AvgIpc) is 2.40. The number of hydrogen-bond acceptors (Lipinski definition) is 2. The van der Waals surface area contributed by atoms with Crippen LogP contribution in [0.5, 0.6) is 0 Å². The molecule has 20 heavy (non-hydrogen) atoms. The summed E-state index contributed by atoms with van der Waals surface area (Å²) in [5, 5.41) is 3.05. The van der Waals surface area contributed by atoms with Crippen molar-refractivity contribution in [2.45, 2.75) is 4.90 Å². The molecule has 0 aliphatic rings. The second kappa shape index (κ2) is 6.72. The van der Waals surface area contributed by atoms with Crippen LogP contribution in [-0.4, -0.2) is 11.7 Å². The Balaban J connectivity index is 1.94. The largest absolute Gasteiger partial charge is 0.324 e. The molecule has 2 aromatic carbocycles. The molecule has 0 atom stereocenters. The molecule has 6 heteroatoms. The quantitative estimate of drug-likeness (QED) is 0.850. The molecule has 1 amide bonds. The SMILES string of the molecule is O=C(CSc1ccc(F)cc1F)Nc1ccccc1Cl. The second-order valence-electron chi connectivity index (χ2n) is 3.89. The van der Waals surface area contributed by atoms with Gasteiger partial charge in [-0.1, -0.05) is 23.7 Å². The number of rotatable bonds is 4. The first kappa shape index (κ1) is 14.8. The van der Waals surface area contributed by atoms with E-state index in [1.807, 2.05) is 0 Å². The van der Waals surface area contributed by atoms with Gasteiger partial charge in [0.1, 0.15) is 11.6 Å². The number of benzene rings is 2. The summed E-state index contributed by atoms with van der Waals surface area (Å²) in [5.74, 6) is -1.63. The number of amides is 1. The maximum atomic E-state index is 13.4. The molecule has 0 radical (unpaired) electrons. The molecular weight excluding hydrogens is 304 g/mol. The van der Waals surface area contributed by atoms with E-state index in [0.29, 0.717) is 10.7 Å². The smallest absolute Gasteiger partial charge is 0.234 e. The van der Waals surface area contributed by atoms with Crippen LogP contribution in [0.25, 0.3) is 0 Å². The van der Waals surface area contributed by atoms with Crippen molar-refractivity contribution < 1.29 is 13.6 Å². The minimum absolute atomic E-state index is 0.00771. The molecule has 0 fully saturated rings. The first-order valence-electron chi connectivity index (χ1n) is 5.68. The van der Waals surface area contributed by atoms with Crippen molar-refractivity contribution in [3.63, 3.8) is 0 Å². The van der Waals surface area contributed by atoms with Crippen molar-refractivity contribution >= 4 is 35.0 Å².